The highest BCUT2D eigenvalue weighted by atomic mass is 15.3. The number of piperidine rings is 1. The number of hydrogen-bond acceptors (Lipinski definition) is 4. The molecule has 1 aliphatic rings. The molecule has 0 radical (unpaired) electrons. The van der Waals surface area contributed by atoms with Crippen LogP contribution in [-0.2, 0) is 6.42 Å². The molecule has 134 valence electrons. The van der Waals surface area contributed by atoms with Gasteiger partial charge in [-0.15, -0.1) is 0 Å². The molecule has 1 saturated heterocycles. The molecular weight excluding hydrogens is 312 g/mol. The number of imidazole rings is 1. The molecule has 0 unspecified atom stereocenters. The molecule has 1 fully saturated rings. The van der Waals surface area contributed by atoms with Crippen molar-refractivity contribution in [1.82, 2.24) is 30.3 Å². The van der Waals surface area contributed by atoms with E-state index in [-0.39, 0.29) is 0 Å². The highest BCUT2D eigenvalue weighted by Gasteiger charge is 2.18. The summed E-state index contributed by atoms with van der Waals surface area (Å²) in [6.07, 6.45) is 8.99. The van der Waals surface area contributed by atoms with Crippen LogP contribution in [0, 0.1) is 5.92 Å². The van der Waals surface area contributed by atoms with Crippen LogP contribution in [0.2, 0.25) is 0 Å². The molecule has 0 amide bonds. The number of nitrogens with one attached hydrogen (secondary N) is 2. The molecule has 0 atom stereocenters. The average molecular weight is 340 g/mol. The van der Waals surface area contributed by atoms with E-state index in [1.54, 1.807) is 0 Å². The third-order valence-electron chi connectivity index (χ3n) is 5.53. The maximum atomic E-state index is 4.71. The van der Waals surface area contributed by atoms with Crippen LogP contribution in [-0.4, -0.2) is 49.9 Å². The predicted octanol–water partition coefficient (Wildman–Crippen LogP) is 3.67. The van der Waals surface area contributed by atoms with Gasteiger partial charge in [-0.05, 0) is 56.9 Å². The van der Waals surface area contributed by atoms with Crippen LogP contribution in [0.15, 0.2) is 12.1 Å². The van der Waals surface area contributed by atoms with E-state index in [1.165, 1.54) is 45.2 Å². The van der Waals surface area contributed by atoms with Crippen LogP contribution in [0.3, 0.4) is 0 Å². The van der Waals surface area contributed by atoms with Gasteiger partial charge in [0.05, 0.1) is 11.0 Å². The second-order valence-electron chi connectivity index (χ2n) is 7.35. The summed E-state index contributed by atoms with van der Waals surface area (Å²) < 4.78 is 0. The lowest BCUT2D eigenvalue weighted by Gasteiger charge is -2.31. The van der Waals surface area contributed by atoms with E-state index in [0.717, 1.165) is 53.2 Å². The maximum Gasteiger partial charge on any atom is 0.138 e. The molecule has 3 aromatic rings. The summed E-state index contributed by atoms with van der Waals surface area (Å²) in [4.78, 5) is 12.0. The quantitative estimate of drug-likeness (QED) is 0.688. The minimum absolute atomic E-state index is 0.880. The monoisotopic (exact) mass is 340 g/mol. The van der Waals surface area contributed by atoms with Gasteiger partial charge in [0.25, 0.3) is 0 Å². The summed E-state index contributed by atoms with van der Waals surface area (Å²) >= 11 is 0. The van der Waals surface area contributed by atoms with Gasteiger partial charge < -0.3 is 4.90 Å². The normalized spacial score (nSPS) is 17.0. The number of nitrogens with zero attached hydrogens (tertiary/aromatic N) is 4. The molecule has 0 aliphatic carbocycles. The minimum atomic E-state index is 0.880. The fraction of sp³-hybridized carbons (Fsp3) is 0.632. The number of aromatic amines is 2. The molecule has 3 heterocycles. The van der Waals surface area contributed by atoms with Gasteiger partial charge in [-0.3, -0.25) is 5.10 Å². The summed E-state index contributed by atoms with van der Waals surface area (Å²) in [6.45, 7) is 5.99. The Labute approximate surface area is 148 Å². The summed E-state index contributed by atoms with van der Waals surface area (Å²) in [6, 6.07) is 4.02. The number of likely N-dealkylation sites (tertiary alicyclic amines) is 1. The van der Waals surface area contributed by atoms with Crippen LogP contribution in [0.25, 0.3) is 22.1 Å². The van der Waals surface area contributed by atoms with Gasteiger partial charge in [-0.1, -0.05) is 26.2 Å². The zero-order chi connectivity index (χ0) is 17.1. The lowest BCUT2D eigenvalue weighted by Crippen LogP contribution is -2.34. The van der Waals surface area contributed by atoms with Crippen molar-refractivity contribution in [1.29, 1.82) is 0 Å². The largest absolute Gasteiger partial charge is 0.303 e. The van der Waals surface area contributed by atoms with Crippen molar-refractivity contribution in [2.75, 3.05) is 19.6 Å². The summed E-state index contributed by atoms with van der Waals surface area (Å²) in [5, 5.41) is 10.1. The number of fused-ring (bicyclic) bond motifs is 3. The van der Waals surface area contributed by atoms with E-state index in [0.29, 0.717) is 0 Å². The van der Waals surface area contributed by atoms with Crippen LogP contribution < -0.4 is 0 Å². The summed E-state index contributed by atoms with van der Waals surface area (Å²) in [7, 11) is 0. The van der Waals surface area contributed by atoms with Crippen molar-refractivity contribution in [3.63, 3.8) is 0 Å². The Morgan fingerprint density at radius 1 is 1.12 bits per heavy atom. The molecule has 4 rings (SSSR count). The van der Waals surface area contributed by atoms with Crippen LogP contribution in [0.5, 0.6) is 0 Å². The van der Waals surface area contributed by atoms with Crippen molar-refractivity contribution < 1.29 is 0 Å². The Morgan fingerprint density at radius 3 is 2.84 bits per heavy atom. The number of unbranched alkanes of at least 4 members (excludes halogenated alkanes) is 1. The molecule has 0 saturated carbocycles. The zero-order valence-corrected chi connectivity index (χ0v) is 15.1. The minimum Gasteiger partial charge on any atom is -0.303 e. The van der Waals surface area contributed by atoms with Crippen LogP contribution >= 0.6 is 0 Å². The number of aromatic nitrogens is 5. The topological polar surface area (TPSA) is 73.5 Å². The maximum absolute atomic E-state index is 4.71. The van der Waals surface area contributed by atoms with Gasteiger partial charge >= 0.3 is 0 Å². The number of hydrogen-bond donors (Lipinski definition) is 2. The number of rotatable bonds is 7. The Balaban J connectivity index is 1.28. The van der Waals surface area contributed by atoms with Crippen LogP contribution in [0.1, 0.15) is 51.3 Å². The average Bonchev–Trinajstić information content (AvgIpc) is 3.26. The van der Waals surface area contributed by atoms with Crippen molar-refractivity contribution >= 4 is 22.1 Å². The molecule has 1 aliphatic heterocycles. The number of benzene rings is 1. The SMILES string of the molecule is CCCCC1CCN(CCCc2nc3ccc4[nH][nH]nc4c3n2)CC1. The molecular formula is C19H28N6. The van der Waals surface area contributed by atoms with E-state index in [4.69, 9.17) is 4.98 Å². The molecule has 25 heavy (non-hydrogen) atoms. The van der Waals surface area contributed by atoms with Gasteiger partial charge in [-0.25, -0.2) is 15.2 Å². The Kier molecular flexibility index (Phi) is 4.97. The fourth-order valence-corrected chi connectivity index (χ4v) is 3.98. The Hall–Kier alpha value is -1.95. The van der Waals surface area contributed by atoms with Crippen molar-refractivity contribution in [3.8, 4) is 0 Å². The summed E-state index contributed by atoms with van der Waals surface area (Å²) in [5.74, 6) is 1.91. The second-order valence-corrected chi connectivity index (χ2v) is 7.35. The molecule has 2 N–H and O–H groups in total. The van der Waals surface area contributed by atoms with Gasteiger partial charge in [0.2, 0.25) is 0 Å². The molecule has 2 aromatic heterocycles. The van der Waals surface area contributed by atoms with Gasteiger partial charge in [0.1, 0.15) is 16.9 Å². The molecule has 6 heteroatoms. The number of aryl methyl sites for hydroxylation is 1. The van der Waals surface area contributed by atoms with Gasteiger partial charge in [-0.2, -0.15) is 5.10 Å². The first kappa shape index (κ1) is 16.5. The smallest absolute Gasteiger partial charge is 0.138 e. The summed E-state index contributed by atoms with van der Waals surface area (Å²) in [5.41, 5.74) is 3.71. The van der Waals surface area contributed by atoms with Crippen molar-refractivity contribution in [3.05, 3.63) is 18.0 Å². The molecule has 1 aromatic carbocycles. The Morgan fingerprint density at radius 2 is 2.00 bits per heavy atom. The third kappa shape index (κ3) is 3.68. The first-order valence-electron chi connectivity index (χ1n) is 9.74. The van der Waals surface area contributed by atoms with Gasteiger partial charge in [0, 0.05) is 6.42 Å². The van der Waals surface area contributed by atoms with E-state index < -0.39 is 0 Å². The van der Waals surface area contributed by atoms with E-state index in [2.05, 4.69) is 32.2 Å². The molecule has 0 spiro atoms. The standard InChI is InChI=1S/C19H28N6/c1-2-3-5-14-9-12-25(13-10-14)11-4-6-17-20-15-7-8-16-19(18(15)21-17)23-24-22-16/h7-8,14,22,24H,2-6,9-13H2,1H3. The zero-order valence-electron chi connectivity index (χ0n) is 15.1. The third-order valence-corrected chi connectivity index (χ3v) is 5.53. The first-order chi connectivity index (χ1) is 12.3. The number of H-pyrrole nitrogens is 2. The van der Waals surface area contributed by atoms with E-state index in [9.17, 15) is 0 Å². The highest BCUT2D eigenvalue weighted by molar-refractivity contribution is 5.99. The van der Waals surface area contributed by atoms with Crippen molar-refractivity contribution in [2.24, 2.45) is 5.92 Å². The van der Waals surface area contributed by atoms with Crippen LogP contribution in [0.4, 0.5) is 0 Å². The second kappa shape index (κ2) is 7.52. The lowest BCUT2D eigenvalue weighted by atomic mass is 9.91. The lowest BCUT2D eigenvalue weighted by molar-refractivity contribution is 0.176. The van der Waals surface area contributed by atoms with E-state index >= 15 is 0 Å². The molecule has 0 bridgehead atoms. The highest BCUT2D eigenvalue weighted by Crippen LogP contribution is 2.23. The first-order valence-corrected chi connectivity index (χ1v) is 9.74. The van der Waals surface area contributed by atoms with Gasteiger partial charge in [0.15, 0.2) is 0 Å². The Bertz CT molecular complexity index is 812. The van der Waals surface area contributed by atoms with Crippen molar-refractivity contribution in [2.45, 2.75) is 51.9 Å². The van der Waals surface area contributed by atoms with E-state index in [1.807, 2.05) is 12.1 Å². The molecule has 6 nitrogen and oxygen atoms in total. The predicted molar refractivity (Wildman–Crippen MR) is 101 cm³/mol. The fourth-order valence-electron chi connectivity index (χ4n) is 3.98.